The van der Waals surface area contributed by atoms with E-state index in [1.54, 1.807) is 26.0 Å². The van der Waals surface area contributed by atoms with Crippen molar-refractivity contribution in [3.05, 3.63) is 129 Å². The van der Waals surface area contributed by atoms with Crippen LogP contribution < -0.4 is 34.4 Å². The average Bonchev–Trinajstić information content (AvgIpc) is 3.88. The molecule has 0 saturated carbocycles. The van der Waals surface area contributed by atoms with Gasteiger partial charge in [-0.3, -0.25) is 47.7 Å². The van der Waals surface area contributed by atoms with Gasteiger partial charge in [0.15, 0.2) is 0 Å². The smallest absolute Gasteiger partial charge is 0.323 e. The standard InChI is InChI=1S/C41H33N5O8S6/c1-4-42-36(53)32(59-40(42)55)38-44(20-30(47)48)34(51)28(57-38)18-23-8-14-26(15-9-23)46(25-12-6-22(3)7-13-25)27-16-10-24(11-17-27)19-29-35(52)45(21-31(49)50)39(58-29)33-37(54)43(5-2)41(56)60-33/h6-19H,4-5,20-21H2,1-3H3,(H,47,48)(H,49,50)/b28-18-,29-19+,38-32+,39-33+. The van der Waals surface area contributed by atoms with E-state index in [9.17, 15) is 39.0 Å². The van der Waals surface area contributed by atoms with Crippen molar-refractivity contribution >= 4 is 142 Å². The first-order valence-corrected chi connectivity index (χ1v) is 22.3. The molecule has 13 nitrogen and oxygen atoms in total. The molecule has 4 heterocycles. The number of aromatic nitrogens is 2. The SMILES string of the molecule is CCN1C(=O)/C(=c2\s/c(=C\c3ccc(N(c4ccc(C)cc4)c4ccc(/C=c5/s/c(=C6/SC(=S)N(CC)C6=O)n(CC(=O)O)c5=O)cc4)cc3)c(=O)n2CC(=O)O)SC1=S. The van der Waals surface area contributed by atoms with Gasteiger partial charge in [-0.25, -0.2) is 0 Å². The second-order valence-electron chi connectivity index (χ2n) is 13.2. The normalized spacial score (nSPS) is 16.8. The van der Waals surface area contributed by atoms with Gasteiger partial charge >= 0.3 is 11.9 Å². The van der Waals surface area contributed by atoms with E-state index in [1.807, 2.05) is 84.6 Å². The van der Waals surface area contributed by atoms with E-state index in [4.69, 9.17) is 24.4 Å². The van der Waals surface area contributed by atoms with Gasteiger partial charge in [0.2, 0.25) is 0 Å². The lowest BCUT2D eigenvalue weighted by Gasteiger charge is -2.26. The summed E-state index contributed by atoms with van der Waals surface area (Å²) in [5.74, 6) is -3.17. The summed E-state index contributed by atoms with van der Waals surface area (Å²) in [5, 5.41) is 19.2. The van der Waals surface area contributed by atoms with Crippen LogP contribution in [0.1, 0.15) is 30.5 Å². The summed E-state index contributed by atoms with van der Waals surface area (Å²) < 4.78 is 3.89. The van der Waals surface area contributed by atoms with E-state index in [0.717, 1.165) is 78.0 Å². The Kier molecular flexibility index (Phi) is 12.6. The summed E-state index contributed by atoms with van der Waals surface area (Å²) in [4.78, 5) is 82.2. The molecule has 2 fully saturated rings. The molecular formula is C41H33N5O8S6. The molecule has 0 atom stereocenters. The fourth-order valence-electron chi connectivity index (χ4n) is 6.42. The van der Waals surface area contributed by atoms with E-state index >= 15 is 0 Å². The minimum Gasteiger partial charge on any atom is -0.480 e. The zero-order valence-electron chi connectivity index (χ0n) is 31.9. The van der Waals surface area contributed by atoms with Crippen LogP contribution in [0.15, 0.2) is 82.4 Å². The molecule has 7 rings (SSSR count). The summed E-state index contributed by atoms with van der Waals surface area (Å²) in [6.45, 7) is 5.04. The number of aliphatic carboxylic acids is 2. The van der Waals surface area contributed by atoms with E-state index in [0.29, 0.717) is 32.9 Å². The first kappa shape index (κ1) is 42.7. The number of aryl methyl sites for hydroxylation is 1. The predicted octanol–water partition coefficient (Wildman–Crippen LogP) is 3.71. The highest BCUT2D eigenvalue weighted by Gasteiger charge is 2.34. The van der Waals surface area contributed by atoms with Gasteiger partial charge in [0, 0.05) is 30.2 Å². The number of carbonyl (C=O) groups is 4. The number of rotatable bonds is 11. The van der Waals surface area contributed by atoms with Crippen molar-refractivity contribution in [1.82, 2.24) is 18.9 Å². The molecule has 19 heteroatoms. The number of thioether (sulfide) groups is 2. The van der Waals surface area contributed by atoms with Gasteiger partial charge in [-0.1, -0.05) is 89.9 Å². The highest BCUT2D eigenvalue weighted by Crippen LogP contribution is 2.35. The van der Waals surface area contributed by atoms with Crippen molar-refractivity contribution in [3.63, 3.8) is 0 Å². The third kappa shape index (κ3) is 8.45. The van der Waals surface area contributed by atoms with E-state index in [2.05, 4.69) is 0 Å². The minimum atomic E-state index is -1.22. The van der Waals surface area contributed by atoms with Crippen LogP contribution in [0.5, 0.6) is 0 Å². The maximum atomic E-state index is 13.6. The Labute approximate surface area is 368 Å². The molecule has 2 aromatic heterocycles. The zero-order chi connectivity index (χ0) is 43.0. The first-order valence-electron chi connectivity index (χ1n) is 18.2. The molecular weight excluding hydrogens is 883 g/mol. The molecule has 3 aromatic carbocycles. The van der Waals surface area contributed by atoms with Crippen molar-refractivity contribution in [2.45, 2.75) is 33.9 Å². The minimum absolute atomic E-state index is 0.222. The lowest BCUT2D eigenvalue weighted by Crippen LogP contribution is -2.35. The van der Waals surface area contributed by atoms with Crippen molar-refractivity contribution in [3.8, 4) is 0 Å². The van der Waals surface area contributed by atoms with Gasteiger partial charge in [0.1, 0.15) is 40.9 Å². The van der Waals surface area contributed by atoms with Gasteiger partial charge in [0.25, 0.3) is 22.9 Å². The van der Waals surface area contributed by atoms with Crippen LogP contribution in [0.3, 0.4) is 0 Å². The van der Waals surface area contributed by atoms with Gasteiger partial charge in [0.05, 0.1) is 9.06 Å². The van der Waals surface area contributed by atoms with Gasteiger partial charge in [-0.05, 0) is 80.4 Å². The molecule has 0 aliphatic carbocycles. The predicted molar refractivity (Wildman–Crippen MR) is 246 cm³/mol. The Bertz CT molecular complexity index is 2820. The van der Waals surface area contributed by atoms with Crippen molar-refractivity contribution < 1.29 is 29.4 Å². The van der Waals surface area contributed by atoms with Crippen LogP contribution in [0, 0.1) is 6.92 Å². The monoisotopic (exact) mass is 915 g/mol. The molecule has 2 amide bonds. The highest BCUT2D eigenvalue weighted by atomic mass is 32.2. The van der Waals surface area contributed by atoms with Crippen molar-refractivity contribution in [1.29, 1.82) is 0 Å². The number of carboxylic acids is 2. The Balaban J connectivity index is 1.26. The Hall–Kier alpha value is -5.44. The third-order valence-corrected chi connectivity index (χ3v) is 14.7. The van der Waals surface area contributed by atoms with Crippen LogP contribution in [-0.2, 0) is 32.3 Å². The fourth-order valence-corrected chi connectivity index (χ4v) is 11.7. The van der Waals surface area contributed by atoms with Crippen LogP contribution >= 0.6 is 70.6 Å². The number of benzene rings is 3. The van der Waals surface area contributed by atoms with Crippen LogP contribution in [0.25, 0.3) is 22.0 Å². The summed E-state index contributed by atoms with van der Waals surface area (Å²) in [5.41, 5.74) is 3.78. The van der Waals surface area contributed by atoms with E-state index < -0.39 is 36.1 Å². The van der Waals surface area contributed by atoms with E-state index in [1.165, 1.54) is 9.80 Å². The molecule has 2 aliphatic heterocycles. The third-order valence-electron chi connectivity index (χ3n) is 9.31. The average molecular weight is 916 g/mol. The molecule has 0 bridgehead atoms. The summed E-state index contributed by atoms with van der Waals surface area (Å²) in [7, 11) is 0. The molecule has 2 saturated heterocycles. The number of hydrogen-bond acceptors (Lipinski definition) is 13. The number of hydrogen-bond donors (Lipinski definition) is 2. The molecule has 2 N–H and O–H groups in total. The van der Waals surface area contributed by atoms with Crippen LogP contribution in [-0.4, -0.2) is 74.6 Å². The maximum Gasteiger partial charge on any atom is 0.323 e. The molecule has 306 valence electrons. The number of anilines is 3. The molecule has 5 aromatic rings. The lowest BCUT2D eigenvalue weighted by molar-refractivity contribution is -0.138. The Morgan fingerprint density at radius 2 is 0.967 bits per heavy atom. The number of nitrogens with zero attached hydrogens (tertiary/aromatic N) is 5. The van der Waals surface area contributed by atoms with Crippen LogP contribution in [0.2, 0.25) is 0 Å². The van der Waals surface area contributed by atoms with Crippen molar-refractivity contribution in [2.24, 2.45) is 0 Å². The number of thiocarbonyl (C=S) groups is 2. The second kappa shape index (κ2) is 17.6. The Morgan fingerprint density at radius 3 is 1.28 bits per heavy atom. The van der Waals surface area contributed by atoms with E-state index in [-0.39, 0.29) is 40.0 Å². The van der Waals surface area contributed by atoms with Crippen molar-refractivity contribution in [2.75, 3.05) is 18.0 Å². The molecule has 0 radical (unpaired) electrons. The summed E-state index contributed by atoms with van der Waals surface area (Å²) in [6, 6.07) is 22.9. The fraction of sp³-hybridized carbons (Fsp3) is 0.171. The van der Waals surface area contributed by atoms with Crippen LogP contribution in [0.4, 0.5) is 17.1 Å². The van der Waals surface area contributed by atoms with Gasteiger partial charge in [-0.2, -0.15) is 0 Å². The lowest BCUT2D eigenvalue weighted by atomic mass is 10.1. The molecule has 2 aliphatic rings. The maximum absolute atomic E-state index is 13.6. The number of amides is 2. The summed E-state index contributed by atoms with van der Waals surface area (Å²) >= 11 is 14.9. The highest BCUT2D eigenvalue weighted by molar-refractivity contribution is 8.30. The summed E-state index contributed by atoms with van der Waals surface area (Å²) in [6.07, 6.45) is 3.32. The number of thiazole rings is 2. The zero-order valence-corrected chi connectivity index (χ0v) is 36.8. The van der Waals surface area contributed by atoms with Gasteiger partial charge < -0.3 is 15.1 Å². The quantitative estimate of drug-likeness (QED) is 0.185. The molecule has 0 spiro atoms. The topological polar surface area (TPSA) is 162 Å². The molecule has 60 heavy (non-hydrogen) atoms. The largest absolute Gasteiger partial charge is 0.480 e. The number of carboxylic acid groups (broad SMARTS) is 2. The Morgan fingerprint density at radius 1 is 0.617 bits per heavy atom. The molecule has 0 unspecified atom stereocenters. The first-order chi connectivity index (χ1) is 28.7. The van der Waals surface area contributed by atoms with Gasteiger partial charge in [-0.15, -0.1) is 22.7 Å². The number of carbonyl (C=O) groups excluding carboxylic acids is 2. The second-order valence-corrected chi connectivity index (χ2v) is 18.6.